The van der Waals surface area contributed by atoms with Crippen LogP contribution in [0.1, 0.15) is 100 Å². The lowest BCUT2D eigenvalue weighted by Gasteiger charge is -2.43. The SMILES string of the molecule is CC.CC.CC.CC1CCCCN1C1COC1.CC1CCCCN1CCCN. The lowest BCUT2D eigenvalue weighted by molar-refractivity contribution is -0.0843. The molecule has 4 heteroatoms. The Bertz CT molecular complexity index is 296. The predicted octanol–water partition coefficient (Wildman–Crippen LogP) is 5.55. The molecule has 3 heterocycles. The molecule has 3 fully saturated rings. The number of hydrogen-bond acceptors (Lipinski definition) is 4. The molecule has 3 aliphatic heterocycles. The Kier molecular flexibility index (Phi) is 23.1. The molecule has 2 atom stereocenters. The van der Waals surface area contributed by atoms with Crippen molar-refractivity contribution in [1.82, 2.24) is 9.80 Å². The minimum absolute atomic E-state index is 0.755. The minimum atomic E-state index is 0.755. The Morgan fingerprint density at radius 1 is 0.786 bits per heavy atom. The Labute approximate surface area is 178 Å². The van der Waals surface area contributed by atoms with Crippen LogP contribution in [0.3, 0.4) is 0 Å². The lowest BCUT2D eigenvalue weighted by Crippen LogP contribution is -2.54. The van der Waals surface area contributed by atoms with Gasteiger partial charge in [-0.25, -0.2) is 0 Å². The van der Waals surface area contributed by atoms with Gasteiger partial charge < -0.3 is 15.4 Å². The highest BCUT2D eigenvalue weighted by Gasteiger charge is 2.30. The Morgan fingerprint density at radius 3 is 1.75 bits per heavy atom. The lowest BCUT2D eigenvalue weighted by atomic mass is 10.0. The van der Waals surface area contributed by atoms with Crippen molar-refractivity contribution in [3.8, 4) is 0 Å². The van der Waals surface area contributed by atoms with E-state index in [1.54, 1.807) is 0 Å². The van der Waals surface area contributed by atoms with Gasteiger partial charge in [-0.3, -0.25) is 4.90 Å². The van der Waals surface area contributed by atoms with E-state index in [9.17, 15) is 0 Å². The van der Waals surface area contributed by atoms with Crippen LogP contribution in [-0.2, 0) is 4.74 Å². The van der Waals surface area contributed by atoms with Gasteiger partial charge in [0.2, 0.25) is 0 Å². The van der Waals surface area contributed by atoms with Gasteiger partial charge in [-0.05, 0) is 72.1 Å². The molecule has 0 aromatic heterocycles. The third-order valence-corrected chi connectivity index (χ3v) is 5.53. The molecule has 2 N–H and O–H groups in total. The first kappa shape index (κ1) is 30.0. The zero-order chi connectivity index (χ0) is 21.8. The van der Waals surface area contributed by atoms with Crippen molar-refractivity contribution in [2.45, 2.75) is 118 Å². The monoisotopic (exact) mass is 401 g/mol. The second-order valence-electron chi connectivity index (χ2n) is 7.30. The zero-order valence-corrected chi connectivity index (χ0v) is 20.8. The van der Waals surface area contributed by atoms with Crippen molar-refractivity contribution >= 4 is 0 Å². The normalized spacial score (nSPS) is 25.2. The third kappa shape index (κ3) is 12.4. The van der Waals surface area contributed by atoms with E-state index in [1.165, 1.54) is 58.2 Å². The summed E-state index contributed by atoms with van der Waals surface area (Å²) in [6.45, 7) is 23.3. The van der Waals surface area contributed by atoms with E-state index in [2.05, 4.69) is 23.6 Å². The number of nitrogens with two attached hydrogens (primary N) is 1. The smallest absolute Gasteiger partial charge is 0.0645 e. The molecular weight excluding hydrogens is 346 g/mol. The third-order valence-electron chi connectivity index (χ3n) is 5.53. The van der Waals surface area contributed by atoms with Gasteiger partial charge in [0.1, 0.15) is 0 Å². The molecule has 2 unspecified atom stereocenters. The van der Waals surface area contributed by atoms with Crippen LogP contribution in [0.5, 0.6) is 0 Å². The first-order valence-corrected chi connectivity index (χ1v) is 12.5. The van der Waals surface area contributed by atoms with Gasteiger partial charge in [-0.15, -0.1) is 0 Å². The second kappa shape index (κ2) is 21.5. The highest BCUT2D eigenvalue weighted by molar-refractivity contribution is 4.83. The van der Waals surface area contributed by atoms with Crippen LogP contribution in [-0.4, -0.2) is 67.3 Å². The summed E-state index contributed by atoms with van der Waals surface area (Å²) in [5.41, 5.74) is 5.46. The van der Waals surface area contributed by atoms with Gasteiger partial charge >= 0.3 is 0 Å². The molecule has 0 aromatic carbocycles. The Morgan fingerprint density at radius 2 is 1.32 bits per heavy atom. The first-order chi connectivity index (χ1) is 13.7. The Hall–Kier alpha value is -0.160. The molecule has 0 spiro atoms. The van der Waals surface area contributed by atoms with E-state index in [0.29, 0.717) is 0 Å². The van der Waals surface area contributed by atoms with Crippen LogP contribution >= 0.6 is 0 Å². The fourth-order valence-corrected chi connectivity index (χ4v) is 3.86. The molecular formula is C24H55N3O. The predicted molar refractivity (Wildman–Crippen MR) is 127 cm³/mol. The van der Waals surface area contributed by atoms with Crippen LogP contribution < -0.4 is 5.73 Å². The summed E-state index contributed by atoms with van der Waals surface area (Å²) in [4.78, 5) is 5.18. The maximum absolute atomic E-state index is 5.46. The highest BCUT2D eigenvalue weighted by Crippen LogP contribution is 2.22. The molecule has 0 saturated carbocycles. The van der Waals surface area contributed by atoms with E-state index in [0.717, 1.165) is 44.3 Å². The average Bonchev–Trinajstić information content (AvgIpc) is 2.73. The van der Waals surface area contributed by atoms with Crippen LogP contribution in [0.15, 0.2) is 0 Å². The summed E-state index contributed by atoms with van der Waals surface area (Å²) < 4.78 is 5.19. The summed E-state index contributed by atoms with van der Waals surface area (Å²) >= 11 is 0. The van der Waals surface area contributed by atoms with Crippen LogP contribution in [0.4, 0.5) is 0 Å². The van der Waals surface area contributed by atoms with Gasteiger partial charge in [0.25, 0.3) is 0 Å². The fraction of sp³-hybridized carbons (Fsp3) is 1.00. The molecule has 0 amide bonds. The zero-order valence-electron chi connectivity index (χ0n) is 20.8. The van der Waals surface area contributed by atoms with E-state index in [1.807, 2.05) is 41.5 Å². The van der Waals surface area contributed by atoms with Crippen molar-refractivity contribution in [3.63, 3.8) is 0 Å². The number of rotatable bonds is 4. The summed E-state index contributed by atoms with van der Waals surface area (Å²) in [5.74, 6) is 0. The quantitative estimate of drug-likeness (QED) is 0.671. The molecule has 0 aliphatic carbocycles. The molecule has 3 aliphatic rings. The molecule has 172 valence electrons. The maximum Gasteiger partial charge on any atom is 0.0645 e. The van der Waals surface area contributed by atoms with E-state index < -0.39 is 0 Å². The largest absolute Gasteiger partial charge is 0.378 e. The molecule has 0 aromatic rings. The van der Waals surface area contributed by atoms with Gasteiger partial charge in [0, 0.05) is 12.1 Å². The molecule has 28 heavy (non-hydrogen) atoms. The number of likely N-dealkylation sites (tertiary alicyclic amines) is 2. The molecule has 3 rings (SSSR count). The molecule has 0 radical (unpaired) electrons. The number of ether oxygens (including phenoxy) is 1. The van der Waals surface area contributed by atoms with E-state index >= 15 is 0 Å². The molecule has 4 nitrogen and oxygen atoms in total. The fourth-order valence-electron chi connectivity index (χ4n) is 3.86. The minimum Gasteiger partial charge on any atom is -0.378 e. The number of piperidine rings is 2. The standard InChI is InChI=1S/C9H20N2.C9H17NO.3C2H6/c1-9-5-2-3-7-11(9)8-4-6-10;1-8-4-2-3-5-10(8)9-6-11-7-9;3*1-2/h9H,2-8,10H2,1H3;8-9H,2-7H2,1H3;3*1-2H3. The van der Waals surface area contributed by atoms with E-state index in [-0.39, 0.29) is 0 Å². The average molecular weight is 402 g/mol. The number of hydrogen-bond donors (Lipinski definition) is 1. The van der Waals surface area contributed by atoms with Gasteiger partial charge in [-0.2, -0.15) is 0 Å². The molecule has 0 bridgehead atoms. The maximum atomic E-state index is 5.46. The van der Waals surface area contributed by atoms with Gasteiger partial charge in [0.15, 0.2) is 0 Å². The highest BCUT2D eigenvalue weighted by atomic mass is 16.5. The van der Waals surface area contributed by atoms with Crippen molar-refractivity contribution in [1.29, 1.82) is 0 Å². The second-order valence-corrected chi connectivity index (χ2v) is 7.30. The number of nitrogens with zero attached hydrogens (tertiary/aromatic N) is 2. The summed E-state index contributed by atoms with van der Waals surface area (Å²) in [6, 6.07) is 2.36. The summed E-state index contributed by atoms with van der Waals surface area (Å²) in [6.07, 6.45) is 9.53. The van der Waals surface area contributed by atoms with E-state index in [4.69, 9.17) is 10.5 Å². The van der Waals surface area contributed by atoms with Crippen LogP contribution in [0.25, 0.3) is 0 Å². The topological polar surface area (TPSA) is 41.7 Å². The van der Waals surface area contributed by atoms with Gasteiger partial charge in [-0.1, -0.05) is 54.4 Å². The molecule has 3 saturated heterocycles. The van der Waals surface area contributed by atoms with Gasteiger partial charge in [0.05, 0.1) is 19.3 Å². The Balaban J connectivity index is 0. The van der Waals surface area contributed by atoms with Crippen molar-refractivity contribution < 1.29 is 4.74 Å². The van der Waals surface area contributed by atoms with Crippen molar-refractivity contribution in [2.24, 2.45) is 5.73 Å². The summed E-state index contributed by atoms with van der Waals surface area (Å²) in [7, 11) is 0. The van der Waals surface area contributed by atoms with Crippen molar-refractivity contribution in [2.75, 3.05) is 39.4 Å². The first-order valence-electron chi connectivity index (χ1n) is 12.5. The van der Waals surface area contributed by atoms with Crippen molar-refractivity contribution in [3.05, 3.63) is 0 Å². The van der Waals surface area contributed by atoms with Crippen LogP contribution in [0, 0.1) is 0 Å². The van der Waals surface area contributed by atoms with Crippen LogP contribution in [0.2, 0.25) is 0 Å². The summed E-state index contributed by atoms with van der Waals surface area (Å²) in [5, 5.41) is 0.